The minimum absolute atomic E-state index is 0.102. The highest BCUT2D eigenvalue weighted by Gasteiger charge is 2.23. The molecule has 2 heterocycles. The van der Waals surface area contributed by atoms with Crippen LogP contribution in [-0.2, 0) is 13.1 Å². The number of thioether (sulfide) groups is 1. The summed E-state index contributed by atoms with van der Waals surface area (Å²) < 4.78 is 1.98. The molecular weight excluding hydrogens is 280 g/mol. The Labute approximate surface area is 130 Å². The molecule has 0 saturated heterocycles. The van der Waals surface area contributed by atoms with Crippen LogP contribution in [0.2, 0.25) is 0 Å². The van der Waals surface area contributed by atoms with E-state index in [1.807, 2.05) is 16.4 Å². The third-order valence-corrected chi connectivity index (χ3v) is 4.84. The van der Waals surface area contributed by atoms with Gasteiger partial charge >= 0.3 is 0 Å². The number of fused-ring (bicyclic) bond motifs is 1. The highest BCUT2D eigenvalue weighted by molar-refractivity contribution is 7.99. The van der Waals surface area contributed by atoms with Crippen LogP contribution in [0.3, 0.4) is 0 Å². The molecular formula is C16H22N4S. The molecule has 1 aromatic carbocycles. The molecule has 4 nitrogen and oxygen atoms in total. The molecule has 0 amide bonds. The van der Waals surface area contributed by atoms with Crippen LogP contribution in [0.15, 0.2) is 35.4 Å². The van der Waals surface area contributed by atoms with Gasteiger partial charge in [-0.1, -0.05) is 23.4 Å². The average molecular weight is 302 g/mol. The Bertz CT molecular complexity index is 615. The van der Waals surface area contributed by atoms with Crippen molar-refractivity contribution in [3.05, 3.63) is 41.7 Å². The minimum Gasteiger partial charge on any atom is -0.306 e. The van der Waals surface area contributed by atoms with Crippen molar-refractivity contribution in [3.8, 4) is 0 Å². The molecule has 2 aromatic rings. The van der Waals surface area contributed by atoms with E-state index in [0.29, 0.717) is 5.92 Å². The van der Waals surface area contributed by atoms with Crippen molar-refractivity contribution in [1.82, 2.24) is 20.3 Å². The molecule has 3 rings (SSSR count). The van der Waals surface area contributed by atoms with Crippen LogP contribution in [0.5, 0.6) is 0 Å². The SMILES string of the molecule is CC(C)(C)NCc1cn(CC2CSc3ccccc32)nn1. The molecule has 1 N–H and O–H groups in total. The fourth-order valence-electron chi connectivity index (χ4n) is 2.47. The van der Waals surface area contributed by atoms with E-state index in [-0.39, 0.29) is 5.54 Å². The maximum atomic E-state index is 4.27. The van der Waals surface area contributed by atoms with E-state index >= 15 is 0 Å². The second-order valence-electron chi connectivity index (χ2n) is 6.58. The quantitative estimate of drug-likeness (QED) is 0.942. The van der Waals surface area contributed by atoms with Gasteiger partial charge in [-0.25, -0.2) is 0 Å². The van der Waals surface area contributed by atoms with Crippen LogP contribution in [0, 0.1) is 0 Å². The lowest BCUT2D eigenvalue weighted by Gasteiger charge is -2.19. The molecule has 0 saturated carbocycles. The molecule has 0 bridgehead atoms. The Morgan fingerprint density at radius 1 is 1.33 bits per heavy atom. The Balaban J connectivity index is 1.63. The molecule has 0 radical (unpaired) electrons. The first-order chi connectivity index (χ1) is 10.0. The maximum Gasteiger partial charge on any atom is 0.0965 e. The fraction of sp³-hybridized carbons (Fsp3) is 0.500. The summed E-state index contributed by atoms with van der Waals surface area (Å²) in [5, 5.41) is 12.0. The number of hydrogen-bond donors (Lipinski definition) is 1. The molecule has 1 aliphatic rings. The predicted molar refractivity (Wildman–Crippen MR) is 86.5 cm³/mol. The molecule has 0 spiro atoms. The highest BCUT2D eigenvalue weighted by Crippen LogP contribution is 2.39. The van der Waals surface area contributed by atoms with Gasteiger partial charge in [-0.05, 0) is 32.4 Å². The van der Waals surface area contributed by atoms with E-state index in [1.54, 1.807) is 0 Å². The van der Waals surface area contributed by atoms with Gasteiger partial charge in [0.15, 0.2) is 0 Å². The molecule has 1 unspecified atom stereocenters. The largest absolute Gasteiger partial charge is 0.306 e. The zero-order valence-electron chi connectivity index (χ0n) is 12.8. The first-order valence-corrected chi connectivity index (χ1v) is 8.35. The second kappa shape index (κ2) is 5.81. The van der Waals surface area contributed by atoms with Gasteiger partial charge in [0.2, 0.25) is 0 Å². The van der Waals surface area contributed by atoms with Gasteiger partial charge in [-0.3, -0.25) is 4.68 Å². The zero-order chi connectivity index (χ0) is 14.9. The third-order valence-electron chi connectivity index (χ3n) is 3.59. The minimum atomic E-state index is 0.102. The lowest BCUT2D eigenvalue weighted by atomic mass is 10.0. The smallest absolute Gasteiger partial charge is 0.0965 e. The van der Waals surface area contributed by atoms with E-state index in [0.717, 1.165) is 24.5 Å². The zero-order valence-corrected chi connectivity index (χ0v) is 13.7. The lowest BCUT2D eigenvalue weighted by Crippen LogP contribution is -2.35. The summed E-state index contributed by atoms with van der Waals surface area (Å²) in [6.45, 7) is 8.14. The lowest BCUT2D eigenvalue weighted by molar-refractivity contribution is 0.421. The summed E-state index contributed by atoms with van der Waals surface area (Å²) in [6.07, 6.45) is 2.06. The first kappa shape index (κ1) is 14.6. The standard InChI is InChI=1S/C16H22N4S/c1-16(2,3)17-8-13-10-20(19-18-13)9-12-11-21-15-7-5-4-6-14(12)15/h4-7,10,12,17H,8-9,11H2,1-3H3. The van der Waals surface area contributed by atoms with Gasteiger partial charge in [-0.2, -0.15) is 0 Å². The monoisotopic (exact) mass is 302 g/mol. The van der Waals surface area contributed by atoms with Crippen LogP contribution in [0.4, 0.5) is 0 Å². The van der Waals surface area contributed by atoms with Crippen LogP contribution >= 0.6 is 11.8 Å². The van der Waals surface area contributed by atoms with Crippen LogP contribution in [-0.4, -0.2) is 26.3 Å². The third kappa shape index (κ3) is 3.66. The Kier molecular flexibility index (Phi) is 4.04. The van der Waals surface area contributed by atoms with Crippen molar-refractivity contribution < 1.29 is 0 Å². The van der Waals surface area contributed by atoms with E-state index in [4.69, 9.17) is 0 Å². The fourth-order valence-corrected chi connectivity index (χ4v) is 3.71. The van der Waals surface area contributed by atoms with Gasteiger partial charge < -0.3 is 5.32 Å². The first-order valence-electron chi connectivity index (χ1n) is 7.37. The van der Waals surface area contributed by atoms with Crippen molar-refractivity contribution in [2.45, 2.75) is 50.2 Å². The van der Waals surface area contributed by atoms with Gasteiger partial charge in [0.05, 0.1) is 12.2 Å². The predicted octanol–water partition coefficient (Wildman–Crippen LogP) is 3.06. The number of nitrogens with zero attached hydrogens (tertiary/aromatic N) is 3. The second-order valence-corrected chi connectivity index (χ2v) is 7.64. The Hall–Kier alpha value is -1.33. The van der Waals surface area contributed by atoms with Crippen LogP contribution in [0.1, 0.15) is 37.9 Å². The molecule has 1 aromatic heterocycles. The molecule has 21 heavy (non-hydrogen) atoms. The summed E-state index contributed by atoms with van der Waals surface area (Å²) >= 11 is 1.94. The molecule has 0 aliphatic carbocycles. The van der Waals surface area contributed by atoms with Crippen molar-refractivity contribution in [1.29, 1.82) is 0 Å². The maximum absolute atomic E-state index is 4.27. The number of rotatable bonds is 4. The molecule has 5 heteroatoms. The summed E-state index contributed by atoms with van der Waals surface area (Å²) in [4.78, 5) is 1.41. The van der Waals surface area contributed by atoms with E-state index in [2.05, 4.69) is 66.9 Å². The van der Waals surface area contributed by atoms with Crippen LogP contribution in [0.25, 0.3) is 0 Å². The highest BCUT2D eigenvalue weighted by atomic mass is 32.2. The van der Waals surface area contributed by atoms with E-state index in [9.17, 15) is 0 Å². The van der Waals surface area contributed by atoms with Gasteiger partial charge in [0.1, 0.15) is 0 Å². The van der Waals surface area contributed by atoms with Crippen molar-refractivity contribution >= 4 is 11.8 Å². The van der Waals surface area contributed by atoms with Crippen molar-refractivity contribution in [3.63, 3.8) is 0 Å². The summed E-state index contributed by atoms with van der Waals surface area (Å²) in [6, 6.07) is 8.68. The number of aromatic nitrogens is 3. The summed E-state index contributed by atoms with van der Waals surface area (Å²) in [7, 11) is 0. The average Bonchev–Trinajstić information content (AvgIpc) is 3.04. The summed E-state index contributed by atoms with van der Waals surface area (Å²) in [5.41, 5.74) is 2.56. The van der Waals surface area contributed by atoms with Crippen LogP contribution < -0.4 is 5.32 Å². The van der Waals surface area contributed by atoms with E-state index in [1.165, 1.54) is 10.5 Å². The molecule has 1 atom stereocenters. The number of hydrogen-bond acceptors (Lipinski definition) is 4. The summed E-state index contributed by atoms with van der Waals surface area (Å²) in [5.74, 6) is 1.67. The topological polar surface area (TPSA) is 42.7 Å². The normalized spacial score (nSPS) is 18.0. The molecule has 112 valence electrons. The van der Waals surface area contributed by atoms with Crippen molar-refractivity contribution in [2.75, 3.05) is 5.75 Å². The van der Waals surface area contributed by atoms with Gasteiger partial charge in [-0.15, -0.1) is 16.9 Å². The number of nitrogens with one attached hydrogen (secondary N) is 1. The van der Waals surface area contributed by atoms with Crippen molar-refractivity contribution in [2.24, 2.45) is 0 Å². The Morgan fingerprint density at radius 2 is 2.14 bits per heavy atom. The Morgan fingerprint density at radius 3 is 2.95 bits per heavy atom. The molecule has 1 aliphatic heterocycles. The van der Waals surface area contributed by atoms with Gasteiger partial charge in [0, 0.05) is 34.8 Å². The number of benzene rings is 1. The molecule has 0 fully saturated rings. The van der Waals surface area contributed by atoms with E-state index < -0.39 is 0 Å². The van der Waals surface area contributed by atoms with Gasteiger partial charge in [0.25, 0.3) is 0 Å².